The van der Waals surface area contributed by atoms with Crippen molar-refractivity contribution in [2.45, 2.75) is 11.4 Å². The number of rotatable bonds is 3. The Morgan fingerprint density at radius 2 is 1.57 bits per heavy atom. The molecule has 0 fully saturated rings. The average molecular weight is 330 g/mol. The lowest BCUT2D eigenvalue weighted by molar-refractivity contribution is -0.671. The second kappa shape index (κ2) is 7.71. The lowest BCUT2D eigenvalue weighted by Crippen LogP contribution is -2.23. The van der Waals surface area contributed by atoms with Gasteiger partial charge >= 0.3 is 0 Å². The van der Waals surface area contributed by atoms with E-state index in [0.29, 0.717) is 0 Å². The van der Waals surface area contributed by atoms with Crippen molar-refractivity contribution in [1.82, 2.24) is 4.57 Å². The maximum Gasteiger partial charge on any atom is 0.243 e. The Bertz CT molecular complexity index is 829. The molecule has 1 aromatic heterocycles. The molecule has 0 radical (unpaired) electrons. The molecule has 0 unspecified atom stereocenters. The largest absolute Gasteiger partial charge is 0.744 e. The van der Waals surface area contributed by atoms with E-state index in [0.717, 1.165) is 6.54 Å². The molecule has 0 bridgehead atoms. The summed E-state index contributed by atoms with van der Waals surface area (Å²) in [6, 6.07) is 17.6. The maximum absolute atomic E-state index is 10.3. The van der Waals surface area contributed by atoms with Gasteiger partial charge < -0.3 is 4.55 Å². The van der Waals surface area contributed by atoms with Gasteiger partial charge in [0, 0.05) is 0 Å². The highest BCUT2D eigenvalue weighted by molar-refractivity contribution is 7.85. The first kappa shape index (κ1) is 16.9. The highest BCUT2D eigenvalue weighted by Gasteiger charge is 2.00. The van der Waals surface area contributed by atoms with Crippen molar-refractivity contribution in [3.8, 4) is 0 Å². The van der Waals surface area contributed by atoms with Crippen molar-refractivity contribution < 1.29 is 17.5 Å². The number of hydrogen-bond donors (Lipinski definition) is 0. The van der Waals surface area contributed by atoms with Crippen molar-refractivity contribution in [3.63, 3.8) is 0 Å². The van der Waals surface area contributed by atoms with Crippen molar-refractivity contribution in [2.75, 3.05) is 0 Å². The Hall–Kier alpha value is -2.44. The summed E-state index contributed by atoms with van der Waals surface area (Å²) in [6.45, 7) is 0.946. The Morgan fingerprint density at radius 3 is 2.00 bits per heavy atom. The molecular weight excluding hydrogens is 312 g/mol. The van der Waals surface area contributed by atoms with Crippen LogP contribution in [0.5, 0.6) is 0 Å². The Labute approximate surface area is 136 Å². The monoisotopic (exact) mass is 330 g/mol. The van der Waals surface area contributed by atoms with Crippen LogP contribution in [-0.4, -0.2) is 17.5 Å². The minimum Gasteiger partial charge on any atom is -0.744 e. The number of benzene rings is 2. The van der Waals surface area contributed by atoms with Gasteiger partial charge in [-0.25, -0.2) is 17.6 Å². The van der Waals surface area contributed by atoms with Crippen LogP contribution in [0.2, 0.25) is 0 Å². The summed E-state index contributed by atoms with van der Waals surface area (Å²) in [5.74, 6) is 0. The van der Waals surface area contributed by atoms with E-state index in [4.69, 9.17) is 0 Å². The molecule has 0 aliphatic carbocycles. The zero-order chi connectivity index (χ0) is 16.7. The van der Waals surface area contributed by atoms with Gasteiger partial charge in [-0.1, -0.05) is 48.5 Å². The molecule has 1 heterocycles. The molecule has 0 aliphatic heterocycles. The molecule has 0 amide bonds. The van der Waals surface area contributed by atoms with Crippen LogP contribution in [0.1, 0.15) is 5.56 Å². The molecule has 0 aliphatic rings. The van der Waals surface area contributed by atoms with E-state index in [2.05, 4.69) is 41.4 Å². The third kappa shape index (κ3) is 5.69. The predicted molar refractivity (Wildman–Crippen MR) is 85.6 cm³/mol. The van der Waals surface area contributed by atoms with Crippen LogP contribution in [0, 0.1) is 0 Å². The second-order valence-electron chi connectivity index (χ2n) is 5.00. The molecule has 3 rings (SSSR count). The van der Waals surface area contributed by atoms with Crippen molar-refractivity contribution in [2.24, 2.45) is 7.05 Å². The standard InChI is InChI=1S/C11H13N2.C6H6O3S/c1-12-7-8-13(10-12)9-11-5-3-2-4-6-11;7-10(8,9)6-4-2-1-3-5-6/h2-8,10H,9H2,1H3;1-5H,(H,7,8,9)/q+1;/p-1. The third-order valence-corrected chi connectivity index (χ3v) is 3.91. The Balaban J connectivity index is 0.000000174. The molecule has 0 N–H and O–H groups in total. The van der Waals surface area contributed by atoms with Gasteiger partial charge in [-0.15, -0.1) is 0 Å². The minimum atomic E-state index is -4.25. The normalized spacial score (nSPS) is 10.7. The smallest absolute Gasteiger partial charge is 0.243 e. The molecule has 120 valence electrons. The molecule has 5 nitrogen and oxygen atoms in total. The SMILES string of the molecule is C[n+]1ccn(Cc2ccccc2)c1.O=S(=O)([O-])c1ccccc1. The predicted octanol–water partition coefficient (Wildman–Crippen LogP) is 1.95. The fourth-order valence-electron chi connectivity index (χ4n) is 1.98. The molecule has 23 heavy (non-hydrogen) atoms. The van der Waals surface area contributed by atoms with E-state index in [1.165, 1.54) is 29.8 Å². The highest BCUT2D eigenvalue weighted by atomic mass is 32.2. The summed E-state index contributed by atoms with van der Waals surface area (Å²) in [4.78, 5) is -0.185. The van der Waals surface area contributed by atoms with Gasteiger partial charge in [-0.3, -0.25) is 0 Å². The van der Waals surface area contributed by atoms with E-state index >= 15 is 0 Å². The number of imidazole rings is 1. The van der Waals surface area contributed by atoms with Gasteiger partial charge in [-0.05, 0) is 17.7 Å². The molecule has 2 aromatic carbocycles. The first-order chi connectivity index (χ1) is 10.9. The maximum atomic E-state index is 10.3. The fraction of sp³-hybridized carbons (Fsp3) is 0.118. The van der Waals surface area contributed by atoms with E-state index < -0.39 is 10.1 Å². The van der Waals surface area contributed by atoms with Gasteiger partial charge in [-0.2, -0.15) is 0 Å². The summed E-state index contributed by atoms with van der Waals surface area (Å²) in [5, 5.41) is 0. The Kier molecular flexibility index (Phi) is 5.67. The fourth-order valence-corrected chi connectivity index (χ4v) is 2.47. The van der Waals surface area contributed by atoms with Gasteiger partial charge in [0.25, 0.3) is 0 Å². The topological polar surface area (TPSA) is 66.0 Å². The first-order valence-electron chi connectivity index (χ1n) is 7.01. The zero-order valence-electron chi connectivity index (χ0n) is 12.7. The quantitative estimate of drug-likeness (QED) is 0.544. The molecule has 6 heteroatoms. The van der Waals surface area contributed by atoms with Gasteiger partial charge in [0.2, 0.25) is 6.33 Å². The molecule has 0 saturated heterocycles. The van der Waals surface area contributed by atoms with E-state index in [-0.39, 0.29) is 4.90 Å². The summed E-state index contributed by atoms with van der Waals surface area (Å²) >= 11 is 0. The first-order valence-corrected chi connectivity index (χ1v) is 8.42. The minimum absolute atomic E-state index is 0.185. The van der Waals surface area contributed by atoms with Crippen LogP contribution >= 0.6 is 0 Å². The number of aryl methyl sites for hydroxylation is 1. The summed E-state index contributed by atoms with van der Waals surface area (Å²) in [6.07, 6.45) is 6.20. The van der Waals surface area contributed by atoms with Gasteiger partial charge in [0.15, 0.2) is 0 Å². The average Bonchev–Trinajstić information content (AvgIpc) is 2.94. The van der Waals surface area contributed by atoms with Crippen LogP contribution in [0.3, 0.4) is 0 Å². The molecule has 0 saturated carbocycles. The van der Waals surface area contributed by atoms with Gasteiger partial charge in [0.1, 0.15) is 29.1 Å². The third-order valence-electron chi connectivity index (χ3n) is 3.06. The van der Waals surface area contributed by atoms with Crippen LogP contribution < -0.4 is 4.57 Å². The number of nitrogens with zero attached hydrogens (tertiary/aromatic N) is 2. The van der Waals surface area contributed by atoms with Crippen molar-refractivity contribution >= 4 is 10.1 Å². The summed E-state index contributed by atoms with van der Waals surface area (Å²) < 4.78 is 35.0. The highest BCUT2D eigenvalue weighted by Crippen LogP contribution is 2.05. The van der Waals surface area contributed by atoms with Crippen molar-refractivity contribution in [3.05, 3.63) is 84.9 Å². The summed E-state index contributed by atoms with van der Waals surface area (Å²) in [5.41, 5.74) is 1.33. The zero-order valence-corrected chi connectivity index (χ0v) is 13.6. The molecular formula is C17H18N2O3S. The number of aromatic nitrogens is 2. The van der Waals surface area contributed by atoms with Crippen LogP contribution in [0.25, 0.3) is 0 Å². The van der Waals surface area contributed by atoms with Gasteiger partial charge in [0.05, 0.1) is 11.9 Å². The Morgan fingerprint density at radius 1 is 1.00 bits per heavy atom. The lowest BCUT2D eigenvalue weighted by Gasteiger charge is -2.04. The molecule has 0 atom stereocenters. The molecule has 0 spiro atoms. The van der Waals surface area contributed by atoms with E-state index in [9.17, 15) is 13.0 Å². The van der Waals surface area contributed by atoms with Crippen LogP contribution in [-0.2, 0) is 23.7 Å². The molecule has 3 aromatic rings. The summed E-state index contributed by atoms with van der Waals surface area (Å²) in [7, 11) is -2.22. The van der Waals surface area contributed by atoms with E-state index in [1.807, 2.05) is 23.9 Å². The lowest BCUT2D eigenvalue weighted by atomic mass is 10.2. The second-order valence-corrected chi connectivity index (χ2v) is 6.38. The van der Waals surface area contributed by atoms with Crippen molar-refractivity contribution in [1.29, 1.82) is 0 Å². The number of hydrogen-bond acceptors (Lipinski definition) is 3. The van der Waals surface area contributed by atoms with Crippen LogP contribution in [0.4, 0.5) is 0 Å². The van der Waals surface area contributed by atoms with E-state index in [1.54, 1.807) is 6.07 Å². The van der Waals surface area contributed by atoms with Crippen LogP contribution in [0.15, 0.2) is 84.3 Å².